The predicted octanol–water partition coefficient (Wildman–Crippen LogP) is 2.29. The molecule has 0 aliphatic rings. The van der Waals surface area contributed by atoms with Crippen LogP contribution in [0.15, 0.2) is 39.7 Å². The maximum Gasteiger partial charge on any atom is 0.263 e. The van der Waals surface area contributed by atoms with Crippen LogP contribution in [-0.4, -0.2) is 18.2 Å². The molecule has 0 fully saturated rings. The zero-order valence-electron chi connectivity index (χ0n) is 9.88. The summed E-state index contributed by atoms with van der Waals surface area (Å²) in [6.07, 6.45) is 0. The van der Waals surface area contributed by atoms with E-state index in [9.17, 15) is 8.42 Å². The van der Waals surface area contributed by atoms with Crippen molar-refractivity contribution in [2.75, 3.05) is 4.72 Å². The molecular formula is C11H12BrN3O2S. The summed E-state index contributed by atoms with van der Waals surface area (Å²) in [7, 11) is -1.82. The Bertz CT molecular complexity index is 643. The third-order valence-corrected chi connectivity index (χ3v) is 4.38. The van der Waals surface area contributed by atoms with E-state index in [-0.39, 0.29) is 4.90 Å². The lowest BCUT2D eigenvalue weighted by Gasteiger charge is -2.05. The summed E-state index contributed by atoms with van der Waals surface area (Å²) in [6.45, 7) is 1.85. The van der Waals surface area contributed by atoms with Gasteiger partial charge in [0.05, 0.1) is 4.90 Å². The molecule has 0 aliphatic heterocycles. The van der Waals surface area contributed by atoms with Crippen LogP contribution in [0.5, 0.6) is 0 Å². The molecule has 96 valence electrons. The third kappa shape index (κ3) is 2.73. The molecule has 0 atom stereocenters. The summed E-state index contributed by atoms with van der Waals surface area (Å²) in [4.78, 5) is 0.203. The van der Waals surface area contributed by atoms with Gasteiger partial charge in [0.2, 0.25) is 0 Å². The first-order valence-corrected chi connectivity index (χ1v) is 7.45. The second-order valence-electron chi connectivity index (χ2n) is 3.85. The molecule has 18 heavy (non-hydrogen) atoms. The Labute approximate surface area is 114 Å². The monoisotopic (exact) mass is 329 g/mol. The molecule has 0 amide bonds. The molecule has 0 saturated carbocycles. The van der Waals surface area contributed by atoms with E-state index in [0.717, 1.165) is 10.2 Å². The third-order valence-electron chi connectivity index (χ3n) is 2.48. The van der Waals surface area contributed by atoms with Crippen LogP contribution < -0.4 is 4.72 Å². The van der Waals surface area contributed by atoms with Gasteiger partial charge in [-0.05, 0) is 31.2 Å². The van der Waals surface area contributed by atoms with Gasteiger partial charge >= 0.3 is 0 Å². The van der Waals surface area contributed by atoms with Crippen molar-refractivity contribution in [3.05, 3.63) is 40.5 Å². The number of sulfonamides is 1. The molecule has 2 rings (SSSR count). The van der Waals surface area contributed by atoms with Crippen LogP contribution >= 0.6 is 15.9 Å². The van der Waals surface area contributed by atoms with E-state index in [1.807, 2.05) is 6.92 Å². The van der Waals surface area contributed by atoms with Gasteiger partial charge in [0.1, 0.15) is 0 Å². The molecule has 0 bridgehead atoms. The molecule has 1 aromatic heterocycles. The van der Waals surface area contributed by atoms with Gasteiger partial charge in [-0.15, -0.1) is 0 Å². The fourth-order valence-electron chi connectivity index (χ4n) is 1.42. The Kier molecular flexibility index (Phi) is 3.45. The zero-order valence-corrected chi connectivity index (χ0v) is 12.3. The number of nitrogens with one attached hydrogen (secondary N) is 1. The molecule has 1 aromatic carbocycles. The minimum Gasteiger partial charge on any atom is -0.271 e. The predicted molar refractivity (Wildman–Crippen MR) is 72.9 cm³/mol. The van der Waals surface area contributed by atoms with E-state index in [1.54, 1.807) is 29.9 Å². The Morgan fingerprint density at radius 1 is 1.28 bits per heavy atom. The molecule has 5 nitrogen and oxygen atoms in total. The van der Waals surface area contributed by atoms with Gasteiger partial charge in [-0.3, -0.25) is 9.40 Å². The highest BCUT2D eigenvalue weighted by Gasteiger charge is 2.15. The second kappa shape index (κ2) is 4.74. The number of nitrogens with zero attached hydrogens (tertiary/aromatic N) is 2. The number of hydrogen-bond donors (Lipinski definition) is 1. The molecule has 0 saturated heterocycles. The minimum absolute atomic E-state index is 0.203. The Morgan fingerprint density at radius 3 is 2.39 bits per heavy atom. The average molecular weight is 330 g/mol. The molecule has 0 radical (unpaired) electrons. The molecule has 0 unspecified atom stereocenters. The van der Waals surface area contributed by atoms with Crippen LogP contribution in [0.3, 0.4) is 0 Å². The van der Waals surface area contributed by atoms with Gasteiger partial charge in [0, 0.05) is 23.3 Å². The van der Waals surface area contributed by atoms with Crippen LogP contribution in [-0.2, 0) is 17.1 Å². The summed E-state index contributed by atoms with van der Waals surface area (Å²) in [5.74, 6) is 0.318. The maximum absolute atomic E-state index is 12.1. The van der Waals surface area contributed by atoms with Crippen molar-refractivity contribution in [2.45, 2.75) is 11.8 Å². The largest absolute Gasteiger partial charge is 0.271 e. The lowest BCUT2D eigenvalue weighted by atomic mass is 10.4. The first-order chi connectivity index (χ1) is 8.38. The number of hydrogen-bond acceptors (Lipinski definition) is 3. The Morgan fingerprint density at radius 2 is 1.89 bits per heavy atom. The number of benzene rings is 1. The Hall–Kier alpha value is -1.34. The zero-order chi connectivity index (χ0) is 13.3. The summed E-state index contributed by atoms with van der Waals surface area (Å²) in [6, 6.07) is 8.09. The van der Waals surface area contributed by atoms with Gasteiger partial charge in [-0.1, -0.05) is 15.9 Å². The van der Waals surface area contributed by atoms with Crippen molar-refractivity contribution < 1.29 is 8.42 Å². The number of halogens is 1. The fraction of sp³-hybridized carbons (Fsp3) is 0.182. The standard InChI is InChI=1S/C11H12BrN3O2S/c1-8-7-11(13-15(8)2)14-18(16,17)10-5-3-9(12)4-6-10/h3-7H,1-2H3,(H,13,14). The van der Waals surface area contributed by atoms with Crippen molar-refractivity contribution in [1.82, 2.24) is 9.78 Å². The van der Waals surface area contributed by atoms with Gasteiger partial charge in [0.15, 0.2) is 5.82 Å². The topological polar surface area (TPSA) is 64.0 Å². The van der Waals surface area contributed by atoms with Crippen LogP contribution in [0, 0.1) is 6.92 Å². The van der Waals surface area contributed by atoms with E-state index in [1.165, 1.54) is 12.1 Å². The van der Waals surface area contributed by atoms with E-state index >= 15 is 0 Å². The van der Waals surface area contributed by atoms with Crippen LogP contribution in [0.1, 0.15) is 5.69 Å². The van der Waals surface area contributed by atoms with E-state index in [4.69, 9.17) is 0 Å². The minimum atomic E-state index is -3.58. The van der Waals surface area contributed by atoms with Crippen molar-refractivity contribution in [1.29, 1.82) is 0 Å². The molecule has 1 N–H and O–H groups in total. The van der Waals surface area contributed by atoms with Crippen molar-refractivity contribution in [2.24, 2.45) is 7.05 Å². The molecule has 0 aliphatic carbocycles. The van der Waals surface area contributed by atoms with Crippen molar-refractivity contribution in [3.8, 4) is 0 Å². The average Bonchev–Trinajstić information content (AvgIpc) is 2.57. The fourth-order valence-corrected chi connectivity index (χ4v) is 2.67. The number of aryl methyl sites for hydroxylation is 2. The second-order valence-corrected chi connectivity index (χ2v) is 6.45. The summed E-state index contributed by atoms with van der Waals surface area (Å²) >= 11 is 3.26. The summed E-state index contributed by atoms with van der Waals surface area (Å²) < 4.78 is 29.0. The molecule has 0 spiro atoms. The van der Waals surface area contributed by atoms with Gasteiger partial charge in [-0.2, -0.15) is 5.10 Å². The quantitative estimate of drug-likeness (QED) is 0.939. The van der Waals surface area contributed by atoms with Crippen molar-refractivity contribution >= 4 is 31.8 Å². The van der Waals surface area contributed by atoms with Gasteiger partial charge < -0.3 is 0 Å². The van der Waals surface area contributed by atoms with Crippen LogP contribution in [0.25, 0.3) is 0 Å². The van der Waals surface area contributed by atoms with Crippen LogP contribution in [0.2, 0.25) is 0 Å². The van der Waals surface area contributed by atoms with Gasteiger partial charge in [-0.25, -0.2) is 8.42 Å². The summed E-state index contributed by atoms with van der Waals surface area (Å²) in [5, 5.41) is 4.06. The highest BCUT2D eigenvalue weighted by Crippen LogP contribution is 2.18. The number of anilines is 1. The molecule has 2 aromatic rings. The normalized spacial score (nSPS) is 11.5. The highest BCUT2D eigenvalue weighted by molar-refractivity contribution is 9.10. The molecule has 1 heterocycles. The SMILES string of the molecule is Cc1cc(NS(=O)(=O)c2ccc(Br)cc2)nn1C. The Balaban J connectivity index is 2.29. The lowest BCUT2D eigenvalue weighted by molar-refractivity contribution is 0.601. The number of aromatic nitrogens is 2. The molecular weight excluding hydrogens is 318 g/mol. The first kappa shape index (κ1) is 13.1. The maximum atomic E-state index is 12.1. The van der Waals surface area contributed by atoms with Crippen molar-refractivity contribution in [3.63, 3.8) is 0 Å². The molecule has 7 heteroatoms. The van der Waals surface area contributed by atoms with Crippen LogP contribution in [0.4, 0.5) is 5.82 Å². The van der Waals surface area contributed by atoms with E-state index in [2.05, 4.69) is 25.8 Å². The van der Waals surface area contributed by atoms with Gasteiger partial charge in [0.25, 0.3) is 10.0 Å². The number of rotatable bonds is 3. The smallest absolute Gasteiger partial charge is 0.263 e. The lowest BCUT2D eigenvalue weighted by Crippen LogP contribution is -2.13. The first-order valence-electron chi connectivity index (χ1n) is 5.17. The summed E-state index contributed by atoms with van der Waals surface area (Å²) in [5.41, 5.74) is 0.878. The van der Waals surface area contributed by atoms with E-state index in [0.29, 0.717) is 5.82 Å². The van der Waals surface area contributed by atoms with E-state index < -0.39 is 10.0 Å². The highest BCUT2D eigenvalue weighted by atomic mass is 79.9.